The molecule has 1 heterocycles. The van der Waals surface area contributed by atoms with Crippen LogP contribution in [0, 0.1) is 0 Å². The average molecular weight is 382 g/mol. The molecule has 0 unspecified atom stereocenters. The summed E-state index contributed by atoms with van der Waals surface area (Å²) in [7, 11) is -3.77. The van der Waals surface area contributed by atoms with E-state index in [1.54, 1.807) is 12.1 Å². The number of hydrogen-bond donors (Lipinski definition) is 3. The van der Waals surface area contributed by atoms with Gasteiger partial charge in [0.1, 0.15) is 0 Å². The zero-order valence-corrected chi connectivity index (χ0v) is 15.6. The first-order valence-electron chi connectivity index (χ1n) is 8.80. The summed E-state index contributed by atoms with van der Waals surface area (Å²) in [5.74, 6) is -0.469. The number of nitrogens with one attached hydrogen (secondary N) is 2. The second-order valence-corrected chi connectivity index (χ2v) is 8.16. The van der Waals surface area contributed by atoms with Crippen LogP contribution in [-0.4, -0.2) is 50.7 Å². The van der Waals surface area contributed by atoms with Crippen molar-refractivity contribution < 1.29 is 18.0 Å². The third-order valence-electron chi connectivity index (χ3n) is 4.12. The van der Waals surface area contributed by atoms with Gasteiger partial charge in [0.15, 0.2) is 0 Å². The van der Waals surface area contributed by atoms with E-state index >= 15 is 0 Å². The topological polar surface area (TPSA) is 122 Å². The molecule has 2 amide bonds. The number of piperazine rings is 1. The van der Waals surface area contributed by atoms with Crippen molar-refractivity contribution in [3.05, 3.63) is 24.3 Å². The van der Waals surface area contributed by atoms with Crippen molar-refractivity contribution in [2.24, 2.45) is 5.73 Å². The minimum Gasteiger partial charge on any atom is -0.354 e. The zero-order chi connectivity index (χ0) is 19.0. The van der Waals surface area contributed by atoms with E-state index < -0.39 is 10.0 Å². The lowest BCUT2D eigenvalue weighted by atomic mass is 10.1. The van der Waals surface area contributed by atoms with Gasteiger partial charge in [-0.3, -0.25) is 9.59 Å². The van der Waals surface area contributed by atoms with Crippen LogP contribution >= 0.6 is 0 Å². The number of anilines is 1. The molecule has 0 aliphatic carbocycles. The number of hydrogen-bond acceptors (Lipinski definition) is 5. The van der Waals surface area contributed by atoms with Crippen LogP contribution in [0.3, 0.4) is 0 Å². The smallest absolute Gasteiger partial charge is 0.243 e. The predicted octanol–water partition coefficient (Wildman–Crippen LogP) is 0.655. The zero-order valence-electron chi connectivity index (χ0n) is 14.7. The third kappa shape index (κ3) is 5.79. The van der Waals surface area contributed by atoms with Gasteiger partial charge in [-0.05, 0) is 37.6 Å². The molecule has 1 aliphatic rings. The van der Waals surface area contributed by atoms with Crippen LogP contribution in [0.1, 0.15) is 32.1 Å². The third-order valence-corrected chi connectivity index (χ3v) is 5.96. The summed E-state index contributed by atoms with van der Waals surface area (Å²) in [6, 6.07) is 6.11. The number of carbonyl (C=O) groups excluding carboxylic acids is 2. The molecule has 144 valence electrons. The highest BCUT2D eigenvalue weighted by atomic mass is 32.2. The van der Waals surface area contributed by atoms with Crippen molar-refractivity contribution in [1.82, 2.24) is 9.62 Å². The van der Waals surface area contributed by atoms with Crippen molar-refractivity contribution in [2.75, 3.05) is 31.5 Å². The van der Waals surface area contributed by atoms with Gasteiger partial charge in [0.25, 0.3) is 0 Å². The highest BCUT2D eigenvalue weighted by Gasteiger charge is 2.29. The summed E-state index contributed by atoms with van der Waals surface area (Å²) < 4.78 is 26.5. The lowest BCUT2D eigenvalue weighted by molar-refractivity contribution is -0.122. The average Bonchev–Trinajstić information content (AvgIpc) is 2.62. The Labute approximate surface area is 154 Å². The van der Waals surface area contributed by atoms with E-state index in [9.17, 15) is 18.0 Å². The van der Waals surface area contributed by atoms with Crippen LogP contribution in [0.2, 0.25) is 0 Å². The molecule has 0 radical (unpaired) electrons. The van der Waals surface area contributed by atoms with Crippen molar-refractivity contribution in [2.45, 2.75) is 37.0 Å². The summed E-state index contributed by atoms with van der Waals surface area (Å²) in [4.78, 5) is 23.5. The van der Waals surface area contributed by atoms with Gasteiger partial charge < -0.3 is 16.4 Å². The largest absolute Gasteiger partial charge is 0.354 e. The summed E-state index contributed by atoms with van der Waals surface area (Å²) >= 11 is 0. The van der Waals surface area contributed by atoms with Gasteiger partial charge >= 0.3 is 0 Å². The van der Waals surface area contributed by atoms with E-state index in [4.69, 9.17) is 5.73 Å². The van der Waals surface area contributed by atoms with E-state index in [0.717, 1.165) is 30.0 Å². The van der Waals surface area contributed by atoms with Gasteiger partial charge in [0, 0.05) is 25.2 Å². The fourth-order valence-electron chi connectivity index (χ4n) is 2.71. The van der Waals surface area contributed by atoms with Crippen molar-refractivity contribution in [1.29, 1.82) is 0 Å². The summed E-state index contributed by atoms with van der Waals surface area (Å²) in [5.41, 5.74) is 5.86. The quantitative estimate of drug-likeness (QED) is 0.542. The van der Waals surface area contributed by atoms with E-state index in [1.807, 2.05) is 0 Å². The standard InChI is InChI=1S/C17H26N4O4S/c18-9-4-2-1-3-8-16(22)20-14-6-5-7-15(12-14)26(24,25)21-11-10-19-17(23)13-21/h5-7,12H,1-4,8-11,13,18H2,(H,19,23)(H,20,22). The molecule has 1 aromatic carbocycles. The van der Waals surface area contributed by atoms with Crippen LogP contribution in [0.25, 0.3) is 0 Å². The monoisotopic (exact) mass is 382 g/mol. The van der Waals surface area contributed by atoms with Crippen LogP contribution < -0.4 is 16.4 Å². The molecule has 1 aliphatic heterocycles. The van der Waals surface area contributed by atoms with Crippen molar-refractivity contribution in [3.63, 3.8) is 0 Å². The Balaban J connectivity index is 1.96. The highest BCUT2D eigenvalue weighted by molar-refractivity contribution is 7.89. The molecule has 4 N–H and O–H groups in total. The number of sulfonamides is 1. The fourth-order valence-corrected chi connectivity index (χ4v) is 4.15. The summed E-state index contributed by atoms with van der Waals surface area (Å²) in [5, 5.41) is 5.33. The molecule has 0 saturated carbocycles. The Hall–Kier alpha value is -1.97. The Bertz CT molecular complexity index is 736. The number of unbranched alkanes of at least 4 members (excludes halogenated alkanes) is 3. The van der Waals surface area contributed by atoms with Gasteiger partial charge in [0.2, 0.25) is 21.8 Å². The van der Waals surface area contributed by atoms with Gasteiger partial charge in [-0.1, -0.05) is 18.9 Å². The summed E-state index contributed by atoms with van der Waals surface area (Å²) in [6.07, 6.45) is 4.05. The van der Waals surface area contributed by atoms with Gasteiger partial charge in [-0.15, -0.1) is 0 Å². The molecular formula is C17H26N4O4S. The SMILES string of the molecule is NCCCCCCC(=O)Nc1cccc(S(=O)(=O)N2CCNC(=O)C2)c1. The molecule has 8 nitrogen and oxygen atoms in total. The van der Waals surface area contributed by atoms with E-state index in [0.29, 0.717) is 25.2 Å². The Morgan fingerprint density at radius 1 is 1.23 bits per heavy atom. The normalized spacial score (nSPS) is 15.5. The summed E-state index contributed by atoms with van der Waals surface area (Å²) in [6.45, 7) is 0.986. The van der Waals surface area contributed by atoms with Crippen LogP contribution in [0.15, 0.2) is 29.2 Å². The molecule has 0 atom stereocenters. The fraction of sp³-hybridized carbons (Fsp3) is 0.529. The maximum atomic E-state index is 12.7. The molecule has 1 fully saturated rings. The minimum atomic E-state index is -3.77. The molecule has 26 heavy (non-hydrogen) atoms. The first-order valence-corrected chi connectivity index (χ1v) is 10.2. The molecule has 1 aromatic rings. The van der Waals surface area contributed by atoms with Gasteiger partial charge in [-0.2, -0.15) is 4.31 Å². The molecule has 0 aromatic heterocycles. The second kappa shape index (κ2) is 9.65. The molecule has 2 rings (SSSR count). The van der Waals surface area contributed by atoms with Crippen LogP contribution in [0.4, 0.5) is 5.69 Å². The Kier molecular flexibility index (Phi) is 7.55. The Morgan fingerprint density at radius 3 is 2.73 bits per heavy atom. The van der Waals surface area contributed by atoms with Crippen molar-refractivity contribution >= 4 is 27.5 Å². The Morgan fingerprint density at radius 2 is 2.00 bits per heavy atom. The number of amides is 2. The maximum Gasteiger partial charge on any atom is 0.243 e. The first kappa shape index (κ1) is 20.3. The van der Waals surface area contributed by atoms with Crippen LogP contribution in [-0.2, 0) is 19.6 Å². The van der Waals surface area contributed by atoms with Gasteiger partial charge in [-0.25, -0.2) is 8.42 Å². The number of benzene rings is 1. The molecule has 0 spiro atoms. The molecule has 0 bridgehead atoms. The van der Waals surface area contributed by atoms with Crippen LogP contribution in [0.5, 0.6) is 0 Å². The lowest BCUT2D eigenvalue weighted by Gasteiger charge is -2.26. The molecule has 9 heteroatoms. The highest BCUT2D eigenvalue weighted by Crippen LogP contribution is 2.20. The minimum absolute atomic E-state index is 0.0629. The lowest BCUT2D eigenvalue weighted by Crippen LogP contribution is -2.49. The molecule has 1 saturated heterocycles. The molecular weight excluding hydrogens is 356 g/mol. The second-order valence-electron chi connectivity index (χ2n) is 6.22. The van der Waals surface area contributed by atoms with Gasteiger partial charge in [0.05, 0.1) is 11.4 Å². The number of rotatable bonds is 9. The number of carbonyl (C=O) groups is 2. The number of nitrogens with zero attached hydrogens (tertiary/aromatic N) is 1. The van der Waals surface area contributed by atoms with E-state index in [-0.39, 0.29) is 29.8 Å². The van der Waals surface area contributed by atoms with E-state index in [1.165, 1.54) is 12.1 Å². The predicted molar refractivity (Wildman–Crippen MR) is 99.0 cm³/mol. The maximum absolute atomic E-state index is 12.7. The number of nitrogens with two attached hydrogens (primary N) is 1. The van der Waals surface area contributed by atoms with Crippen molar-refractivity contribution in [3.8, 4) is 0 Å². The first-order chi connectivity index (χ1) is 12.4. The van der Waals surface area contributed by atoms with E-state index in [2.05, 4.69) is 10.6 Å².